The van der Waals surface area contributed by atoms with Crippen LogP contribution in [0.3, 0.4) is 0 Å². The Morgan fingerprint density at radius 3 is 2.77 bits per heavy atom. The number of tetrazole rings is 1. The molecule has 3 aromatic heterocycles. The molecule has 1 aliphatic heterocycles. The van der Waals surface area contributed by atoms with E-state index in [1.165, 1.54) is 15.8 Å². The van der Waals surface area contributed by atoms with E-state index in [4.69, 9.17) is 9.84 Å². The minimum atomic E-state index is -0.609. The molecule has 0 unspecified atom stereocenters. The summed E-state index contributed by atoms with van der Waals surface area (Å²) < 4.78 is 21.7. The first-order chi connectivity index (χ1) is 14.5. The minimum absolute atomic E-state index is 0. The molecule has 0 bridgehead atoms. The van der Waals surface area contributed by atoms with Crippen LogP contribution >= 0.6 is 0 Å². The SMILES string of the molecule is C.Cn1nnc(-c2cn3cc(-c4ccc(N5C[C@H](CO)OC5=O)cc4F)ccc3n2)n1. The van der Waals surface area contributed by atoms with E-state index < -0.39 is 18.0 Å². The number of aromatic nitrogens is 6. The van der Waals surface area contributed by atoms with Gasteiger partial charge in [-0.2, -0.15) is 4.80 Å². The number of imidazole rings is 1. The number of anilines is 1. The van der Waals surface area contributed by atoms with Crippen molar-refractivity contribution >= 4 is 17.4 Å². The van der Waals surface area contributed by atoms with Gasteiger partial charge < -0.3 is 14.2 Å². The van der Waals surface area contributed by atoms with Crippen molar-refractivity contribution in [2.45, 2.75) is 13.5 Å². The second kappa shape index (κ2) is 7.76. The lowest BCUT2D eigenvalue weighted by Crippen LogP contribution is -2.25. The van der Waals surface area contributed by atoms with Gasteiger partial charge in [0.25, 0.3) is 0 Å². The summed E-state index contributed by atoms with van der Waals surface area (Å²) in [6.45, 7) is -0.103. The molecule has 1 aromatic carbocycles. The maximum absolute atomic E-state index is 14.9. The molecule has 10 nitrogen and oxygen atoms in total. The van der Waals surface area contributed by atoms with E-state index in [-0.39, 0.29) is 20.6 Å². The molecule has 1 aliphatic rings. The number of nitrogens with zero attached hydrogens (tertiary/aromatic N) is 7. The summed E-state index contributed by atoms with van der Waals surface area (Å²) in [5.74, 6) is -0.0833. The summed E-state index contributed by atoms with van der Waals surface area (Å²) in [4.78, 5) is 19.0. The van der Waals surface area contributed by atoms with Crippen LogP contribution in [-0.4, -0.2) is 60.0 Å². The average Bonchev–Trinajstić information content (AvgIpc) is 3.44. The second-order valence-electron chi connectivity index (χ2n) is 6.87. The third-order valence-corrected chi connectivity index (χ3v) is 4.84. The monoisotopic (exact) mass is 425 g/mol. The number of pyridine rings is 1. The number of fused-ring (bicyclic) bond motifs is 1. The smallest absolute Gasteiger partial charge is 0.414 e. The van der Waals surface area contributed by atoms with Crippen molar-refractivity contribution in [3.8, 4) is 22.6 Å². The van der Waals surface area contributed by atoms with E-state index >= 15 is 0 Å². The molecule has 0 saturated carbocycles. The summed E-state index contributed by atoms with van der Waals surface area (Å²) >= 11 is 0. The van der Waals surface area contributed by atoms with Crippen molar-refractivity contribution < 1.29 is 19.0 Å². The number of hydrogen-bond acceptors (Lipinski definition) is 7. The highest BCUT2D eigenvalue weighted by molar-refractivity contribution is 5.90. The number of rotatable bonds is 4. The summed E-state index contributed by atoms with van der Waals surface area (Å²) in [6.07, 6.45) is 2.29. The third-order valence-electron chi connectivity index (χ3n) is 4.84. The molecular weight excluding hydrogens is 405 g/mol. The van der Waals surface area contributed by atoms with Gasteiger partial charge in [-0.05, 0) is 35.5 Å². The van der Waals surface area contributed by atoms with Crippen LogP contribution in [0.25, 0.3) is 28.3 Å². The minimum Gasteiger partial charge on any atom is -0.441 e. The third kappa shape index (κ3) is 3.59. The number of hydrogen-bond donors (Lipinski definition) is 1. The predicted molar refractivity (Wildman–Crippen MR) is 110 cm³/mol. The predicted octanol–water partition coefficient (Wildman–Crippen LogP) is 2.28. The van der Waals surface area contributed by atoms with Crippen LogP contribution in [0.4, 0.5) is 14.9 Å². The number of amides is 1. The number of carbonyl (C=O) groups excluding carboxylic acids is 1. The Hall–Kier alpha value is -3.86. The molecule has 0 radical (unpaired) electrons. The zero-order valence-electron chi connectivity index (χ0n) is 15.8. The highest BCUT2D eigenvalue weighted by Crippen LogP contribution is 2.29. The maximum Gasteiger partial charge on any atom is 0.414 e. The molecular formula is C20H20FN7O3. The summed E-state index contributed by atoms with van der Waals surface area (Å²) in [6, 6.07) is 8.07. The quantitative estimate of drug-likeness (QED) is 0.534. The van der Waals surface area contributed by atoms with Gasteiger partial charge in [0.05, 0.1) is 25.9 Å². The van der Waals surface area contributed by atoms with Crippen molar-refractivity contribution in [2.24, 2.45) is 7.05 Å². The van der Waals surface area contributed by atoms with Crippen molar-refractivity contribution in [3.63, 3.8) is 0 Å². The number of aliphatic hydroxyl groups is 1. The van der Waals surface area contributed by atoms with Gasteiger partial charge in [0.2, 0.25) is 5.82 Å². The first-order valence-corrected chi connectivity index (χ1v) is 9.14. The van der Waals surface area contributed by atoms with Crippen molar-refractivity contribution in [2.75, 3.05) is 18.1 Å². The van der Waals surface area contributed by atoms with E-state index in [9.17, 15) is 9.18 Å². The van der Waals surface area contributed by atoms with E-state index in [1.807, 2.05) is 0 Å². The highest BCUT2D eigenvalue weighted by atomic mass is 19.1. The Kier molecular flexibility index (Phi) is 5.11. The molecule has 1 N–H and O–H groups in total. The molecule has 11 heteroatoms. The molecule has 1 fully saturated rings. The molecule has 4 heterocycles. The van der Waals surface area contributed by atoms with Crippen LogP contribution in [-0.2, 0) is 11.8 Å². The van der Waals surface area contributed by atoms with Crippen LogP contribution in [0, 0.1) is 5.82 Å². The number of carbonyl (C=O) groups is 1. The molecule has 31 heavy (non-hydrogen) atoms. The number of aryl methyl sites for hydroxylation is 1. The first-order valence-electron chi connectivity index (χ1n) is 9.14. The van der Waals surface area contributed by atoms with E-state index in [1.54, 1.807) is 48.1 Å². The number of aliphatic hydroxyl groups excluding tert-OH is 1. The lowest BCUT2D eigenvalue weighted by Gasteiger charge is -2.14. The standard InChI is InChI=1S/C19H16FN7O3.CH4/c1-25-23-18(22-24-25)16-9-26-7-11(2-5-17(26)21-16)14-4-3-12(6-15(14)20)27-8-13(10-28)30-19(27)29;/h2-7,9,13,28H,8,10H2,1H3;1H4/t13-;/m1./s1. The Labute approximate surface area is 176 Å². The normalized spacial score (nSPS) is 15.9. The topological polar surface area (TPSA) is 111 Å². The number of halogens is 1. The van der Waals surface area contributed by atoms with Gasteiger partial charge in [-0.1, -0.05) is 7.43 Å². The van der Waals surface area contributed by atoms with Gasteiger partial charge in [-0.3, -0.25) is 4.90 Å². The first kappa shape index (κ1) is 20.4. The molecule has 1 atom stereocenters. The zero-order chi connectivity index (χ0) is 20.8. The van der Waals surface area contributed by atoms with Crippen molar-refractivity contribution in [1.82, 2.24) is 29.6 Å². The fourth-order valence-corrected chi connectivity index (χ4v) is 3.38. The van der Waals surface area contributed by atoms with E-state index in [0.717, 1.165) is 0 Å². The van der Waals surface area contributed by atoms with Gasteiger partial charge in [-0.25, -0.2) is 14.2 Å². The zero-order valence-corrected chi connectivity index (χ0v) is 15.8. The Bertz CT molecular complexity index is 1270. The fraction of sp³-hybridized carbons (Fsp3) is 0.250. The molecule has 1 saturated heterocycles. The lowest BCUT2D eigenvalue weighted by atomic mass is 10.1. The van der Waals surface area contributed by atoms with Gasteiger partial charge >= 0.3 is 6.09 Å². The largest absolute Gasteiger partial charge is 0.441 e. The van der Waals surface area contributed by atoms with Gasteiger partial charge in [0, 0.05) is 23.5 Å². The number of ether oxygens (including phenoxy) is 1. The molecule has 1 amide bonds. The number of cyclic esters (lactones) is 1. The van der Waals surface area contributed by atoms with Gasteiger partial charge in [-0.15, -0.1) is 10.2 Å². The second-order valence-corrected chi connectivity index (χ2v) is 6.87. The Balaban J connectivity index is 0.00000231. The fourth-order valence-electron chi connectivity index (χ4n) is 3.38. The van der Waals surface area contributed by atoms with Crippen LogP contribution in [0.15, 0.2) is 42.7 Å². The average molecular weight is 425 g/mol. The molecule has 4 aromatic rings. The van der Waals surface area contributed by atoms with Crippen LogP contribution < -0.4 is 4.90 Å². The Morgan fingerprint density at radius 2 is 2.10 bits per heavy atom. The summed E-state index contributed by atoms with van der Waals surface area (Å²) in [5.41, 5.74) is 2.60. The molecule has 0 spiro atoms. The summed E-state index contributed by atoms with van der Waals surface area (Å²) in [7, 11) is 1.67. The molecule has 5 rings (SSSR count). The maximum atomic E-state index is 14.9. The van der Waals surface area contributed by atoms with Gasteiger partial charge in [0.1, 0.15) is 23.3 Å². The molecule has 160 valence electrons. The number of benzene rings is 1. The van der Waals surface area contributed by atoms with E-state index in [2.05, 4.69) is 20.4 Å². The van der Waals surface area contributed by atoms with Crippen LogP contribution in [0.1, 0.15) is 7.43 Å². The molecule has 0 aliphatic carbocycles. The van der Waals surface area contributed by atoms with Gasteiger partial charge in [0.15, 0.2) is 0 Å². The highest BCUT2D eigenvalue weighted by Gasteiger charge is 2.32. The van der Waals surface area contributed by atoms with Crippen molar-refractivity contribution in [1.29, 1.82) is 0 Å². The Morgan fingerprint density at radius 1 is 1.26 bits per heavy atom. The van der Waals surface area contributed by atoms with E-state index in [0.29, 0.717) is 34.0 Å². The lowest BCUT2D eigenvalue weighted by molar-refractivity contribution is 0.0963. The van der Waals surface area contributed by atoms with Crippen LogP contribution in [0.5, 0.6) is 0 Å². The van der Waals surface area contributed by atoms with Crippen molar-refractivity contribution in [3.05, 3.63) is 48.5 Å². The van der Waals surface area contributed by atoms with Crippen LogP contribution in [0.2, 0.25) is 0 Å². The summed E-state index contributed by atoms with van der Waals surface area (Å²) in [5, 5.41) is 21.0.